The van der Waals surface area contributed by atoms with Crippen molar-refractivity contribution in [1.82, 2.24) is 0 Å². The Balaban J connectivity index is 1.74. The fraction of sp³-hybridized carbons (Fsp3) is 0.143. The Kier molecular flexibility index (Phi) is 4.02. The van der Waals surface area contributed by atoms with Crippen LogP contribution < -0.4 is 15.2 Å². The van der Waals surface area contributed by atoms with E-state index in [0.717, 1.165) is 5.75 Å². The molecule has 2 aromatic rings. The average Bonchev–Trinajstić information content (AvgIpc) is 2.37. The van der Waals surface area contributed by atoms with Crippen LogP contribution in [-0.4, -0.2) is 13.2 Å². The highest BCUT2D eigenvalue weighted by molar-refractivity contribution is 5.41. The van der Waals surface area contributed by atoms with E-state index in [-0.39, 0.29) is 5.82 Å². The molecule has 0 fully saturated rings. The largest absolute Gasteiger partial charge is 0.490 e. The summed E-state index contributed by atoms with van der Waals surface area (Å²) in [5.41, 5.74) is 6.25. The minimum atomic E-state index is -0.313. The molecule has 2 aromatic carbocycles. The van der Waals surface area contributed by atoms with Crippen LogP contribution in [0, 0.1) is 5.82 Å². The molecule has 2 rings (SSSR count). The molecule has 0 unspecified atom stereocenters. The zero-order chi connectivity index (χ0) is 12.8. The maximum absolute atomic E-state index is 12.9. The van der Waals surface area contributed by atoms with Gasteiger partial charge in [0, 0.05) is 11.8 Å². The summed E-state index contributed by atoms with van der Waals surface area (Å²) in [5.74, 6) is 0.912. The Morgan fingerprint density at radius 1 is 0.889 bits per heavy atom. The van der Waals surface area contributed by atoms with E-state index in [1.165, 1.54) is 12.1 Å². The van der Waals surface area contributed by atoms with Crippen LogP contribution in [0.25, 0.3) is 0 Å². The van der Waals surface area contributed by atoms with Gasteiger partial charge in [0.25, 0.3) is 0 Å². The number of benzene rings is 2. The third-order valence-corrected chi connectivity index (χ3v) is 2.30. The maximum Gasteiger partial charge on any atom is 0.126 e. The quantitative estimate of drug-likeness (QED) is 0.652. The van der Waals surface area contributed by atoms with Gasteiger partial charge in [0.05, 0.1) is 0 Å². The van der Waals surface area contributed by atoms with Gasteiger partial charge in [-0.25, -0.2) is 4.39 Å². The van der Waals surface area contributed by atoms with Crippen LogP contribution in [0.15, 0.2) is 48.5 Å². The summed E-state index contributed by atoms with van der Waals surface area (Å²) < 4.78 is 23.6. The molecular weight excluding hydrogens is 233 g/mol. The Morgan fingerprint density at radius 2 is 1.56 bits per heavy atom. The van der Waals surface area contributed by atoms with Crippen LogP contribution in [0.1, 0.15) is 0 Å². The molecule has 0 aromatic heterocycles. The predicted octanol–water partition coefficient (Wildman–Crippen LogP) is 2.87. The number of rotatable bonds is 5. The van der Waals surface area contributed by atoms with Gasteiger partial charge in [0.1, 0.15) is 30.5 Å². The van der Waals surface area contributed by atoms with E-state index in [0.29, 0.717) is 24.7 Å². The lowest BCUT2D eigenvalue weighted by molar-refractivity contribution is 0.216. The minimum Gasteiger partial charge on any atom is -0.490 e. The van der Waals surface area contributed by atoms with Crippen molar-refractivity contribution >= 4 is 5.69 Å². The van der Waals surface area contributed by atoms with Crippen molar-refractivity contribution in [3.05, 3.63) is 54.3 Å². The Hall–Kier alpha value is -2.23. The Labute approximate surface area is 105 Å². The molecule has 0 atom stereocenters. The van der Waals surface area contributed by atoms with Gasteiger partial charge in [0.15, 0.2) is 0 Å². The van der Waals surface area contributed by atoms with Gasteiger partial charge in [0.2, 0.25) is 0 Å². The standard InChI is InChI=1S/C14H14FNO2/c15-11-2-1-3-14(10-11)18-9-8-17-13-6-4-12(16)5-7-13/h1-7,10H,8-9,16H2. The van der Waals surface area contributed by atoms with Crippen molar-refractivity contribution in [2.24, 2.45) is 0 Å². The first-order valence-corrected chi connectivity index (χ1v) is 5.61. The summed E-state index contributed by atoms with van der Waals surface area (Å²) in [6.07, 6.45) is 0. The lowest BCUT2D eigenvalue weighted by Gasteiger charge is -2.08. The average molecular weight is 247 g/mol. The van der Waals surface area contributed by atoms with Gasteiger partial charge >= 0.3 is 0 Å². The minimum absolute atomic E-state index is 0.313. The SMILES string of the molecule is Nc1ccc(OCCOc2cccc(F)c2)cc1. The van der Waals surface area contributed by atoms with Crippen LogP contribution in [0.3, 0.4) is 0 Å². The normalized spacial score (nSPS) is 10.1. The van der Waals surface area contributed by atoms with Crippen LogP contribution in [0.2, 0.25) is 0 Å². The van der Waals surface area contributed by atoms with Gasteiger partial charge in [-0.3, -0.25) is 0 Å². The summed E-state index contributed by atoms with van der Waals surface area (Å²) >= 11 is 0. The van der Waals surface area contributed by atoms with Crippen LogP contribution in [0.5, 0.6) is 11.5 Å². The number of anilines is 1. The van der Waals surface area contributed by atoms with Gasteiger partial charge < -0.3 is 15.2 Å². The summed E-state index contributed by atoms with van der Waals surface area (Å²) in [6, 6.07) is 13.1. The van der Waals surface area contributed by atoms with Gasteiger partial charge in [-0.2, -0.15) is 0 Å². The maximum atomic E-state index is 12.9. The molecule has 0 amide bonds. The first-order chi connectivity index (χ1) is 8.74. The predicted molar refractivity (Wildman–Crippen MR) is 68.2 cm³/mol. The van der Waals surface area contributed by atoms with E-state index in [4.69, 9.17) is 15.2 Å². The molecule has 94 valence electrons. The van der Waals surface area contributed by atoms with Crippen molar-refractivity contribution in [3.8, 4) is 11.5 Å². The van der Waals surface area contributed by atoms with E-state index in [2.05, 4.69) is 0 Å². The highest BCUT2D eigenvalue weighted by Gasteiger charge is 1.97. The molecule has 0 saturated heterocycles. The molecule has 0 radical (unpaired) electrons. The zero-order valence-corrected chi connectivity index (χ0v) is 9.80. The molecule has 0 aliphatic rings. The topological polar surface area (TPSA) is 44.5 Å². The first kappa shape index (κ1) is 12.2. The van der Waals surface area contributed by atoms with Crippen molar-refractivity contribution in [2.75, 3.05) is 18.9 Å². The summed E-state index contributed by atoms with van der Waals surface area (Å²) in [5, 5.41) is 0. The van der Waals surface area contributed by atoms with Gasteiger partial charge in [-0.1, -0.05) is 6.07 Å². The molecule has 0 aliphatic carbocycles. The van der Waals surface area contributed by atoms with E-state index in [9.17, 15) is 4.39 Å². The van der Waals surface area contributed by atoms with Crippen LogP contribution in [0.4, 0.5) is 10.1 Å². The number of nitrogen functional groups attached to an aromatic ring is 1. The molecule has 0 heterocycles. The number of nitrogens with two attached hydrogens (primary N) is 1. The summed E-state index contributed by atoms with van der Waals surface area (Å²) in [6.45, 7) is 0.744. The zero-order valence-electron chi connectivity index (χ0n) is 9.80. The van der Waals surface area contributed by atoms with Crippen molar-refractivity contribution < 1.29 is 13.9 Å². The molecule has 0 aliphatic heterocycles. The van der Waals surface area contributed by atoms with Crippen molar-refractivity contribution in [1.29, 1.82) is 0 Å². The fourth-order valence-corrected chi connectivity index (χ4v) is 1.44. The molecular formula is C14H14FNO2. The van der Waals surface area contributed by atoms with Crippen molar-refractivity contribution in [3.63, 3.8) is 0 Å². The van der Waals surface area contributed by atoms with Crippen LogP contribution in [-0.2, 0) is 0 Å². The molecule has 0 bridgehead atoms. The van der Waals surface area contributed by atoms with E-state index < -0.39 is 0 Å². The Morgan fingerprint density at radius 3 is 2.22 bits per heavy atom. The second kappa shape index (κ2) is 5.91. The second-order valence-electron chi connectivity index (χ2n) is 3.72. The van der Waals surface area contributed by atoms with Crippen LogP contribution >= 0.6 is 0 Å². The number of ether oxygens (including phenoxy) is 2. The molecule has 0 saturated carbocycles. The first-order valence-electron chi connectivity index (χ1n) is 5.61. The monoisotopic (exact) mass is 247 g/mol. The summed E-state index contributed by atoms with van der Waals surface area (Å²) in [4.78, 5) is 0. The molecule has 2 N–H and O–H groups in total. The lowest BCUT2D eigenvalue weighted by atomic mass is 10.3. The summed E-state index contributed by atoms with van der Waals surface area (Å²) in [7, 11) is 0. The number of hydrogen-bond acceptors (Lipinski definition) is 3. The van der Waals surface area contributed by atoms with E-state index in [1.807, 2.05) is 0 Å². The van der Waals surface area contributed by atoms with Gasteiger partial charge in [-0.05, 0) is 36.4 Å². The highest BCUT2D eigenvalue weighted by Crippen LogP contribution is 2.14. The third-order valence-electron chi connectivity index (χ3n) is 2.30. The second-order valence-corrected chi connectivity index (χ2v) is 3.72. The van der Waals surface area contributed by atoms with Gasteiger partial charge in [-0.15, -0.1) is 0 Å². The van der Waals surface area contributed by atoms with E-state index >= 15 is 0 Å². The lowest BCUT2D eigenvalue weighted by Crippen LogP contribution is -2.09. The smallest absolute Gasteiger partial charge is 0.126 e. The number of hydrogen-bond donors (Lipinski definition) is 1. The highest BCUT2D eigenvalue weighted by atomic mass is 19.1. The fourth-order valence-electron chi connectivity index (χ4n) is 1.44. The molecule has 3 nitrogen and oxygen atoms in total. The van der Waals surface area contributed by atoms with E-state index in [1.54, 1.807) is 36.4 Å². The van der Waals surface area contributed by atoms with Crippen molar-refractivity contribution in [2.45, 2.75) is 0 Å². The number of halogens is 1. The molecule has 18 heavy (non-hydrogen) atoms. The molecule has 4 heteroatoms. The molecule has 0 spiro atoms. The Bertz CT molecular complexity index is 499. The third kappa shape index (κ3) is 3.66.